The lowest BCUT2D eigenvalue weighted by atomic mass is 10.1. The first-order valence-corrected chi connectivity index (χ1v) is 5.01. The van der Waals surface area contributed by atoms with Crippen LogP contribution in [0.3, 0.4) is 0 Å². The topological polar surface area (TPSA) is 33.1 Å². The predicted molar refractivity (Wildman–Crippen MR) is 62.9 cm³/mol. The van der Waals surface area contributed by atoms with Crippen LogP contribution in [0.15, 0.2) is 30.8 Å². The van der Waals surface area contributed by atoms with Gasteiger partial charge in [0.2, 0.25) is 0 Å². The summed E-state index contributed by atoms with van der Waals surface area (Å²) < 4.78 is 0. The number of rotatable bonds is 2. The fourth-order valence-electron chi connectivity index (χ4n) is 1.73. The summed E-state index contributed by atoms with van der Waals surface area (Å²) in [5.74, 6) is 0.256. The fourth-order valence-corrected chi connectivity index (χ4v) is 1.73. The third-order valence-electron chi connectivity index (χ3n) is 2.52. The average molecular weight is 199 g/mol. The first kappa shape index (κ1) is 9.71. The molecule has 0 saturated carbocycles. The second kappa shape index (κ2) is 3.73. The quantitative estimate of drug-likeness (QED) is 0.806. The van der Waals surface area contributed by atoms with E-state index in [0.29, 0.717) is 0 Å². The minimum atomic E-state index is 0.256. The maximum Gasteiger partial charge on any atom is 0.144 e. The number of hydrogen-bond donors (Lipinski definition) is 1. The molecule has 2 aromatic rings. The van der Waals surface area contributed by atoms with E-state index in [9.17, 15) is 5.11 Å². The van der Waals surface area contributed by atoms with Crippen molar-refractivity contribution in [2.24, 2.45) is 0 Å². The largest absolute Gasteiger partial charge is 0.505 e. The highest BCUT2D eigenvalue weighted by Gasteiger charge is 2.09. The van der Waals surface area contributed by atoms with E-state index in [0.717, 1.165) is 28.6 Å². The smallest absolute Gasteiger partial charge is 0.144 e. The number of hydrogen-bond acceptors (Lipinski definition) is 2. The van der Waals surface area contributed by atoms with E-state index in [2.05, 4.69) is 11.6 Å². The maximum atomic E-state index is 9.95. The third-order valence-corrected chi connectivity index (χ3v) is 2.52. The van der Waals surface area contributed by atoms with E-state index in [4.69, 9.17) is 0 Å². The summed E-state index contributed by atoms with van der Waals surface area (Å²) in [4.78, 5) is 4.40. The van der Waals surface area contributed by atoms with Crippen molar-refractivity contribution in [2.45, 2.75) is 13.3 Å². The first-order chi connectivity index (χ1) is 7.27. The Hall–Kier alpha value is -1.83. The molecule has 0 atom stereocenters. The molecule has 76 valence electrons. The van der Waals surface area contributed by atoms with Gasteiger partial charge in [-0.05, 0) is 12.5 Å². The van der Waals surface area contributed by atoms with Gasteiger partial charge in [0.15, 0.2) is 0 Å². The van der Waals surface area contributed by atoms with E-state index >= 15 is 0 Å². The number of aromatic nitrogens is 1. The van der Waals surface area contributed by atoms with Crippen LogP contribution < -0.4 is 0 Å². The zero-order chi connectivity index (χ0) is 10.8. The van der Waals surface area contributed by atoms with Crippen LogP contribution in [0.4, 0.5) is 0 Å². The Labute approximate surface area is 88.9 Å². The van der Waals surface area contributed by atoms with Gasteiger partial charge in [-0.1, -0.05) is 37.8 Å². The number of aryl methyl sites for hydroxylation is 1. The van der Waals surface area contributed by atoms with Crippen molar-refractivity contribution in [2.75, 3.05) is 0 Å². The molecule has 2 nitrogen and oxygen atoms in total. The van der Waals surface area contributed by atoms with Crippen LogP contribution in [0, 0.1) is 0 Å². The van der Waals surface area contributed by atoms with Crippen molar-refractivity contribution in [3.8, 4) is 5.75 Å². The van der Waals surface area contributed by atoms with E-state index in [1.54, 1.807) is 6.08 Å². The molecule has 0 bridgehead atoms. The molecule has 1 aromatic carbocycles. The number of benzene rings is 1. The standard InChI is InChI=1S/C13H13NO/c1-3-9-10-7-5-6-8-12(10)14-11(4-2)13(9)15/h3,5-8,15H,1,4H2,2H3. The predicted octanol–water partition coefficient (Wildman–Crippen LogP) is 3.15. The number of para-hydroxylation sites is 1. The summed E-state index contributed by atoms with van der Waals surface area (Å²) in [5.41, 5.74) is 2.41. The first-order valence-electron chi connectivity index (χ1n) is 5.01. The molecule has 0 amide bonds. The molecule has 15 heavy (non-hydrogen) atoms. The van der Waals surface area contributed by atoms with Gasteiger partial charge in [-0.25, -0.2) is 4.98 Å². The molecule has 0 radical (unpaired) electrons. The Kier molecular flexibility index (Phi) is 2.42. The van der Waals surface area contributed by atoms with Crippen molar-refractivity contribution in [1.29, 1.82) is 0 Å². The van der Waals surface area contributed by atoms with Gasteiger partial charge >= 0.3 is 0 Å². The van der Waals surface area contributed by atoms with Crippen LogP contribution in [-0.2, 0) is 6.42 Å². The average Bonchev–Trinajstić information content (AvgIpc) is 2.28. The Balaban J connectivity index is 2.89. The molecule has 0 aliphatic heterocycles. The summed E-state index contributed by atoms with van der Waals surface area (Å²) in [5, 5.41) is 10.9. The van der Waals surface area contributed by atoms with Crippen molar-refractivity contribution in [3.63, 3.8) is 0 Å². The number of aromatic hydroxyl groups is 1. The highest BCUT2D eigenvalue weighted by molar-refractivity contribution is 5.90. The van der Waals surface area contributed by atoms with E-state index in [1.165, 1.54) is 0 Å². The lowest BCUT2D eigenvalue weighted by molar-refractivity contribution is 0.465. The summed E-state index contributed by atoms with van der Waals surface area (Å²) in [7, 11) is 0. The second-order valence-corrected chi connectivity index (χ2v) is 3.40. The Morgan fingerprint density at radius 2 is 2.13 bits per heavy atom. The SMILES string of the molecule is C=Cc1c(O)c(CC)nc2ccccc12. The molecule has 0 aliphatic rings. The van der Waals surface area contributed by atoms with Crippen molar-refractivity contribution in [3.05, 3.63) is 42.1 Å². The van der Waals surface area contributed by atoms with Gasteiger partial charge in [0.25, 0.3) is 0 Å². The number of fused-ring (bicyclic) bond motifs is 1. The van der Waals surface area contributed by atoms with Gasteiger partial charge in [-0.15, -0.1) is 0 Å². The summed E-state index contributed by atoms with van der Waals surface area (Å²) in [6.45, 7) is 5.71. The zero-order valence-corrected chi connectivity index (χ0v) is 8.70. The molecule has 2 rings (SSSR count). The Bertz CT molecular complexity index is 517. The summed E-state index contributed by atoms with van der Waals surface area (Å²) >= 11 is 0. The van der Waals surface area contributed by atoms with E-state index in [-0.39, 0.29) is 5.75 Å². The summed E-state index contributed by atoms with van der Waals surface area (Å²) in [6.07, 6.45) is 2.40. The number of pyridine rings is 1. The summed E-state index contributed by atoms with van der Waals surface area (Å²) in [6, 6.07) is 7.76. The van der Waals surface area contributed by atoms with Crippen LogP contribution in [0.5, 0.6) is 5.75 Å². The zero-order valence-electron chi connectivity index (χ0n) is 8.70. The van der Waals surface area contributed by atoms with Gasteiger partial charge in [0.1, 0.15) is 5.75 Å². The van der Waals surface area contributed by atoms with Crippen LogP contribution in [0.2, 0.25) is 0 Å². The molecule has 2 heteroatoms. The van der Waals surface area contributed by atoms with Gasteiger partial charge in [0.05, 0.1) is 11.2 Å². The normalized spacial score (nSPS) is 10.5. The van der Waals surface area contributed by atoms with Crippen LogP contribution in [-0.4, -0.2) is 10.1 Å². The van der Waals surface area contributed by atoms with Crippen LogP contribution >= 0.6 is 0 Å². The molecule has 0 saturated heterocycles. The highest BCUT2D eigenvalue weighted by Crippen LogP contribution is 2.29. The Morgan fingerprint density at radius 1 is 1.40 bits per heavy atom. The van der Waals surface area contributed by atoms with Gasteiger partial charge in [-0.2, -0.15) is 0 Å². The monoisotopic (exact) mass is 199 g/mol. The Morgan fingerprint density at radius 3 is 2.80 bits per heavy atom. The van der Waals surface area contributed by atoms with Crippen LogP contribution in [0.1, 0.15) is 18.2 Å². The van der Waals surface area contributed by atoms with Crippen molar-refractivity contribution in [1.82, 2.24) is 4.98 Å². The van der Waals surface area contributed by atoms with E-state index in [1.807, 2.05) is 31.2 Å². The van der Waals surface area contributed by atoms with Gasteiger partial charge in [0, 0.05) is 10.9 Å². The minimum Gasteiger partial charge on any atom is -0.505 e. The second-order valence-electron chi connectivity index (χ2n) is 3.40. The molecule has 0 fully saturated rings. The van der Waals surface area contributed by atoms with Crippen molar-refractivity contribution < 1.29 is 5.11 Å². The fraction of sp³-hybridized carbons (Fsp3) is 0.154. The van der Waals surface area contributed by atoms with Crippen molar-refractivity contribution >= 4 is 17.0 Å². The third kappa shape index (κ3) is 1.48. The maximum absolute atomic E-state index is 9.95. The molecule has 1 aromatic heterocycles. The highest BCUT2D eigenvalue weighted by atomic mass is 16.3. The number of nitrogens with zero attached hydrogens (tertiary/aromatic N) is 1. The lowest BCUT2D eigenvalue weighted by Gasteiger charge is -2.08. The molecule has 0 spiro atoms. The molecule has 0 unspecified atom stereocenters. The minimum absolute atomic E-state index is 0.256. The molecule has 1 N–H and O–H groups in total. The van der Waals surface area contributed by atoms with E-state index < -0.39 is 0 Å². The van der Waals surface area contributed by atoms with Gasteiger partial charge < -0.3 is 5.11 Å². The van der Waals surface area contributed by atoms with Gasteiger partial charge in [-0.3, -0.25) is 0 Å². The molecule has 0 aliphatic carbocycles. The molecular weight excluding hydrogens is 186 g/mol. The van der Waals surface area contributed by atoms with Crippen LogP contribution in [0.25, 0.3) is 17.0 Å². The molecular formula is C13H13NO. The lowest BCUT2D eigenvalue weighted by Crippen LogP contribution is -1.92. The molecule has 1 heterocycles.